The number of nitrogens with zero attached hydrogens (tertiary/aromatic N) is 1. The fraction of sp³-hybridized carbons (Fsp3) is 0.333. The van der Waals surface area contributed by atoms with Crippen molar-refractivity contribution in [3.63, 3.8) is 0 Å². The van der Waals surface area contributed by atoms with Crippen molar-refractivity contribution in [3.05, 3.63) is 30.5 Å². The maximum Gasteiger partial charge on any atom is 0.497 e. The summed E-state index contributed by atoms with van der Waals surface area (Å²) in [5.74, 6) is 0.641. The monoisotopic (exact) mass is 256 g/mol. The van der Waals surface area contributed by atoms with Crippen LogP contribution in [0.2, 0.25) is 0 Å². The average molecular weight is 256 g/mol. The van der Waals surface area contributed by atoms with Crippen LogP contribution in [-0.4, -0.2) is 18.2 Å². The van der Waals surface area contributed by atoms with Gasteiger partial charge in [0.15, 0.2) is 0 Å². The van der Waals surface area contributed by atoms with Crippen LogP contribution in [-0.2, 0) is 6.44 Å². The molecule has 1 aromatic heterocycles. The van der Waals surface area contributed by atoms with Gasteiger partial charge in [0.25, 0.3) is 0 Å². The van der Waals surface area contributed by atoms with E-state index in [0.717, 1.165) is 11.8 Å². The molecule has 0 saturated heterocycles. The largest absolute Gasteiger partial charge is 0.497 e. The molecule has 98 valence electrons. The zero-order valence-corrected chi connectivity index (χ0v) is 10.1. The SMILES string of the molecule is CCCOc1cccc2c1ccn2C[B-](F)(F)F. The minimum absolute atomic E-state index is 0.558. The lowest BCUT2D eigenvalue weighted by molar-refractivity contribution is 0.321. The van der Waals surface area contributed by atoms with Gasteiger partial charge < -0.3 is 22.3 Å². The standard InChI is InChI=1S/C12H14BF3NO/c1-2-8-18-12-5-3-4-11-10(12)6-7-17(11)9-13(14,15)16/h3-7H,2,8-9H2,1H3/q-1. The fourth-order valence-corrected chi connectivity index (χ4v) is 1.92. The van der Waals surface area contributed by atoms with Gasteiger partial charge >= 0.3 is 6.98 Å². The molecule has 0 atom stereocenters. The molecule has 2 aromatic rings. The highest BCUT2D eigenvalue weighted by Crippen LogP contribution is 2.28. The summed E-state index contributed by atoms with van der Waals surface area (Å²) in [5, 5.41) is 0.728. The topological polar surface area (TPSA) is 14.2 Å². The molecule has 2 rings (SSSR count). The van der Waals surface area contributed by atoms with Gasteiger partial charge in [0.2, 0.25) is 0 Å². The van der Waals surface area contributed by atoms with Crippen molar-refractivity contribution < 1.29 is 17.7 Å². The normalized spacial score (nSPS) is 12.0. The maximum absolute atomic E-state index is 12.5. The molecule has 0 unspecified atom stereocenters. The predicted octanol–water partition coefficient (Wildman–Crippen LogP) is 3.82. The smallest absolute Gasteiger partial charge is 0.493 e. The van der Waals surface area contributed by atoms with Crippen LogP contribution in [0.5, 0.6) is 5.75 Å². The zero-order valence-electron chi connectivity index (χ0n) is 10.1. The Kier molecular flexibility index (Phi) is 3.54. The molecule has 1 aromatic carbocycles. The minimum atomic E-state index is -4.84. The minimum Gasteiger partial charge on any atom is -0.493 e. The van der Waals surface area contributed by atoms with Crippen molar-refractivity contribution in [2.24, 2.45) is 0 Å². The van der Waals surface area contributed by atoms with Crippen molar-refractivity contribution in [1.29, 1.82) is 0 Å². The molecule has 0 fully saturated rings. The summed E-state index contributed by atoms with van der Waals surface area (Å²) in [6.45, 7) is -2.29. The molecule has 0 N–H and O–H groups in total. The molecular weight excluding hydrogens is 242 g/mol. The van der Waals surface area contributed by atoms with Crippen LogP contribution >= 0.6 is 0 Å². The Morgan fingerprint density at radius 3 is 2.67 bits per heavy atom. The van der Waals surface area contributed by atoms with Gasteiger partial charge in [-0.2, -0.15) is 0 Å². The van der Waals surface area contributed by atoms with Gasteiger partial charge in [0, 0.05) is 17.1 Å². The van der Waals surface area contributed by atoms with Gasteiger partial charge in [-0.3, -0.25) is 0 Å². The van der Waals surface area contributed by atoms with Gasteiger partial charge in [-0.25, -0.2) is 0 Å². The first-order valence-electron chi connectivity index (χ1n) is 5.93. The van der Waals surface area contributed by atoms with Gasteiger partial charge in [0.1, 0.15) is 5.75 Å². The van der Waals surface area contributed by atoms with Crippen LogP contribution in [0.3, 0.4) is 0 Å². The number of aromatic nitrogens is 1. The molecule has 1 heterocycles. The second-order valence-corrected chi connectivity index (χ2v) is 4.22. The molecule has 18 heavy (non-hydrogen) atoms. The van der Waals surface area contributed by atoms with Crippen LogP contribution in [0, 0.1) is 0 Å². The second-order valence-electron chi connectivity index (χ2n) is 4.22. The zero-order chi connectivity index (χ0) is 13.2. The van der Waals surface area contributed by atoms with E-state index < -0.39 is 13.4 Å². The van der Waals surface area contributed by atoms with E-state index in [1.165, 1.54) is 10.8 Å². The summed E-state index contributed by atoms with van der Waals surface area (Å²) >= 11 is 0. The Bertz CT molecular complexity index is 536. The lowest BCUT2D eigenvalue weighted by Gasteiger charge is -2.16. The third-order valence-corrected chi connectivity index (χ3v) is 2.64. The lowest BCUT2D eigenvalue weighted by Crippen LogP contribution is -2.23. The van der Waals surface area contributed by atoms with Crippen molar-refractivity contribution in [3.8, 4) is 5.75 Å². The van der Waals surface area contributed by atoms with Gasteiger partial charge in [-0.05, 0) is 31.1 Å². The van der Waals surface area contributed by atoms with E-state index in [2.05, 4.69) is 0 Å². The molecule has 0 saturated carbocycles. The van der Waals surface area contributed by atoms with Crippen LogP contribution < -0.4 is 4.74 Å². The molecule has 0 bridgehead atoms. The van der Waals surface area contributed by atoms with Crippen molar-refractivity contribution in [2.45, 2.75) is 19.8 Å². The molecule has 0 aliphatic rings. The molecule has 0 spiro atoms. The number of hydrogen-bond donors (Lipinski definition) is 0. The summed E-state index contributed by atoms with van der Waals surface area (Å²) in [5.41, 5.74) is 0.558. The molecule has 0 radical (unpaired) electrons. The van der Waals surface area contributed by atoms with Crippen LogP contribution in [0.4, 0.5) is 12.9 Å². The number of benzene rings is 1. The lowest BCUT2D eigenvalue weighted by atomic mass is 9.92. The molecule has 0 aliphatic heterocycles. The number of rotatable bonds is 5. The van der Waals surface area contributed by atoms with Crippen molar-refractivity contribution in [2.75, 3.05) is 6.61 Å². The number of ether oxygens (including phenoxy) is 1. The number of hydrogen-bond acceptors (Lipinski definition) is 1. The van der Waals surface area contributed by atoms with E-state index in [9.17, 15) is 12.9 Å². The highest BCUT2D eigenvalue weighted by molar-refractivity contribution is 6.57. The molecule has 0 aliphatic carbocycles. The molecule has 6 heteroatoms. The second kappa shape index (κ2) is 4.96. The van der Waals surface area contributed by atoms with Crippen LogP contribution in [0.15, 0.2) is 30.5 Å². The Hall–Kier alpha value is -1.59. The van der Waals surface area contributed by atoms with Gasteiger partial charge in [-0.15, -0.1) is 0 Å². The first-order chi connectivity index (χ1) is 8.51. The Morgan fingerprint density at radius 2 is 2.00 bits per heavy atom. The molecule has 2 nitrogen and oxygen atoms in total. The molecule has 0 amide bonds. The third kappa shape index (κ3) is 2.80. The Morgan fingerprint density at radius 1 is 1.22 bits per heavy atom. The maximum atomic E-state index is 12.5. The summed E-state index contributed by atoms with van der Waals surface area (Å²) in [6.07, 6.45) is 1.40. The quantitative estimate of drug-likeness (QED) is 0.742. The van der Waals surface area contributed by atoms with E-state index in [0.29, 0.717) is 17.9 Å². The van der Waals surface area contributed by atoms with E-state index in [4.69, 9.17) is 4.74 Å². The van der Waals surface area contributed by atoms with E-state index in [1.807, 2.05) is 6.92 Å². The first kappa shape index (κ1) is 12.9. The Balaban J connectivity index is 2.36. The van der Waals surface area contributed by atoms with Crippen LogP contribution in [0.1, 0.15) is 13.3 Å². The van der Waals surface area contributed by atoms with Crippen molar-refractivity contribution >= 4 is 17.9 Å². The van der Waals surface area contributed by atoms with Crippen molar-refractivity contribution in [1.82, 2.24) is 4.57 Å². The van der Waals surface area contributed by atoms with Gasteiger partial charge in [-0.1, -0.05) is 13.0 Å². The first-order valence-corrected chi connectivity index (χ1v) is 5.93. The van der Waals surface area contributed by atoms with E-state index in [-0.39, 0.29) is 0 Å². The summed E-state index contributed by atoms with van der Waals surface area (Å²) in [4.78, 5) is 0. The Labute approximate surface area is 103 Å². The van der Waals surface area contributed by atoms with E-state index in [1.54, 1.807) is 24.3 Å². The van der Waals surface area contributed by atoms with E-state index >= 15 is 0 Å². The van der Waals surface area contributed by atoms with Crippen LogP contribution in [0.25, 0.3) is 10.9 Å². The third-order valence-electron chi connectivity index (χ3n) is 2.64. The highest BCUT2D eigenvalue weighted by Gasteiger charge is 2.24. The predicted molar refractivity (Wildman–Crippen MR) is 66.8 cm³/mol. The number of halogens is 3. The molecular formula is C12H14BF3NO-. The fourth-order valence-electron chi connectivity index (χ4n) is 1.92. The number of fused-ring (bicyclic) bond motifs is 1. The highest BCUT2D eigenvalue weighted by atomic mass is 19.4. The summed E-state index contributed by atoms with van der Waals surface area (Å²) in [7, 11) is 0. The summed E-state index contributed by atoms with van der Waals surface area (Å²) in [6, 6.07) is 6.84. The summed E-state index contributed by atoms with van der Waals surface area (Å²) < 4.78 is 44.1. The average Bonchev–Trinajstić information content (AvgIpc) is 2.68. The van der Waals surface area contributed by atoms with Gasteiger partial charge in [0.05, 0.1) is 6.61 Å².